The molecule has 2 rings (SSSR count). The number of aliphatic carboxylic acids is 1. The van der Waals surface area contributed by atoms with Gasteiger partial charge in [-0.2, -0.15) is 13.2 Å². The fourth-order valence-corrected chi connectivity index (χ4v) is 2.35. The molecule has 0 saturated heterocycles. The number of halogens is 3. The molecule has 0 fully saturated rings. The SMILES string of the molecule is CCC(C)N(CC(=O)O)C(=O)c1ccc(Oc2ccc(C(F)(F)F)cn2)cc1. The molecule has 1 amide bonds. The highest BCUT2D eigenvalue weighted by atomic mass is 19.4. The van der Waals surface area contributed by atoms with Crippen molar-refractivity contribution < 1.29 is 32.6 Å². The Morgan fingerprint density at radius 3 is 2.29 bits per heavy atom. The minimum atomic E-state index is -4.48. The maximum Gasteiger partial charge on any atom is 0.417 e. The maximum atomic E-state index is 12.6. The first-order valence-electron chi connectivity index (χ1n) is 8.45. The molecule has 0 bridgehead atoms. The number of carboxylic acids is 1. The standard InChI is InChI=1S/C19H19F3N2O4/c1-3-12(2)24(11-17(25)26)18(27)13-4-7-15(8-5-13)28-16-9-6-14(10-23-16)19(20,21)22/h4-10,12H,3,11H2,1-2H3,(H,25,26). The lowest BCUT2D eigenvalue weighted by molar-refractivity contribution is -0.138. The van der Waals surface area contributed by atoms with Crippen LogP contribution in [0.25, 0.3) is 0 Å². The first-order chi connectivity index (χ1) is 13.1. The van der Waals surface area contributed by atoms with Gasteiger partial charge in [0.2, 0.25) is 5.88 Å². The molecular formula is C19H19F3N2O4. The molecular weight excluding hydrogens is 377 g/mol. The highest BCUT2D eigenvalue weighted by Crippen LogP contribution is 2.30. The number of carbonyl (C=O) groups excluding carboxylic acids is 1. The molecule has 6 nitrogen and oxygen atoms in total. The number of hydrogen-bond donors (Lipinski definition) is 1. The zero-order valence-corrected chi connectivity index (χ0v) is 15.2. The van der Waals surface area contributed by atoms with Gasteiger partial charge in [-0.1, -0.05) is 6.92 Å². The minimum absolute atomic E-state index is 0.0285. The van der Waals surface area contributed by atoms with E-state index in [1.165, 1.54) is 29.2 Å². The summed E-state index contributed by atoms with van der Waals surface area (Å²) in [7, 11) is 0. The Kier molecular flexibility index (Phi) is 6.61. The molecule has 9 heteroatoms. The van der Waals surface area contributed by atoms with Gasteiger partial charge in [0.05, 0.1) is 5.56 Å². The van der Waals surface area contributed by atoms with Crippen LogP contribution in [0.3, 0.4) is 0 Å². The van der Waals surface area contributed by atoms with Gasteiger partial charge in [0, 0.05) is 23.9 Å². The topological polar surface area (TPSA) is 79.7 Å². The van der Waals surface area contributed by atoms with Gasteiger partial charge in [-0.3, -0.25) is 9.59 Å². The summed E-state index contributed by atoms with van der Waals surface area (Å²) in [5, 5.41) is 9.01. The van der Waals surface area contributed by atoms with Gasteiger partial charge < -0.3 is 14.7 Å². The van der Waals surface area contributed by atoms with Crippen LogP contribution in [0, 0.1) is 0 Å². The number of nitrogens with zero attached hydrogens (tertiary/aromatic N) is 2. The number of amides is 1. The highest BCUT2D eigenvalue weighted by Gasteiger charge is 2.30. The number of rotatable bonds is 7. The Bertz CT molecular complexity index is 821. The molecule has 1 aromatic heterocycles. The second-order valence-electron chi connectivity index (χ2n) is 6.09. The summed E-state index contributed by atoms with van der Waals surface area (Å²) in [6.45, 7) is 3.19. The van der Waals surface area contributed by atoms with Gasteiger partial charge in [0.15, 0.2) is 0 Å². The molecule has 1 atom stereocenters. The first-order valence-corrected chi connectivity index (χ1v) is 8.45. The third kappa shape index (κ3) is 5.45. The van der Waals surface area contributed by atoms with Crippen LogP contribution in [-0.2, 0) is 11.0 Å². The zero-order valence-electron chi connectivity index (χ0n) is 15.2. The smallest absolute Gasteiger partial charge is 0.417 e. The number of benzene rings is 1. The Morgan fingerprint density at radius 2 is 1.82 bits per heavy atom. The third-order valence-corrected chi connectivity index (χ3v) is 4.08. The zero-order chi connectivity index (χ0) is 20.9. The van der Waals surface area contributed by atoms with Gasteiger partial charge in [0.25, 0.3) is 5.91 Å². The summed E-state index contributed by atoms with van der Waals surface area (Å²) < 4.78 is 43.0. The molecule has 150 valence electrons. The molecule has 1 aromatic carbocycles. The maximum absolute atomic E-state index is 12.6. The van der Waals surface area contributed by atoms with Crippen LogP contribution < -0.4 is 4.74 Å². The second kappa shape index (κ2) is 8.73. The predicted octanol–water partition coefficient (Wildman–Crippen LogP) is 4.22. The Labute approximate surface area is 159 Å². The Morgan fingerprint density at radius 1 is 1.18 bits per heavy atom. The number of alkyl halides is 3. The second-order valence-corrected chi connectivity index (χ2v) is 6.09. The lowest BCUT2D eigenvalue weighted by Gasteiger charge is -2.27. The lowest BCUT2D eigenvalue weighted by atomic mass is 10.1. The molecule has 0 aliphatic heterocycles. The molecule has 1 heterocycles. The van der Waals surface area contributed by atoms with Gasteiger partial charge in [-0.15, -0.1) is 0 Å². The first kappa shape index (κ1) is 21.2. The van der Waals surface area contributed by atoms with E-state index in [1.54, 1.807) is 6.92 Å². The fraction of sp³-hybridized carbons (Fsp3) is 0.316. The molecule has 0 aliphatic carbocycles. The molecule has 1 N–H and O–H groups in total. The van der Waals surface area contributed by atoms with Crippen molar-refractivity contribution in [1.82, 2.24) is 9.88 Å². The van der Waals surface area contributed by atoms with Crippen LogP contribution in [0.1, 0.15) is 36.2 Å². The van der Waals surface area contributed by atoms with E-state index in [0.29, 0.717) is 12.6 Å². The van der Waals surface area contributed by atoms with Crippen molar-refractivity contribution in [3.8, 4) is 11.6 Å². The van der Waals surface area contributed by atoms with E-state index in [1.807, 2.05) is 6.92 Å². The number of ether oxygens (including phenoxy) is 1. The molecule has 2 aromatic rings. The van der Waals surface area contributed by atoms with E-state index in [0.717, 1.165) is 12.1 Å². The molecule has 1 unspecified atom stereocenters. The van der Waals surface area contributed by atoms with Crippen molar-refractivity contribution in [3.05, 3.63) is 53.7 Å². The molecule has 0 spiro atoms. The van der Waals surface area contributed by atoms with E-state index in [2.05, 4.69) is 4.98 Å². The summed E-state index contributed by atoms with van der Waals surface area (Å²) in [6, 6.07) is 7.54. The molecule has 28 heavy (non-hydrogen) atoms. The number of aromatic nitrogens is 1. The van der Waals surface area contributed by atoms with Crippen LogP contribution in [0.4, 0.5) is 13.2 Å². The van der Waals surface area contributed by atoms with Crippen molar-refractivity contribution in [2.45, 2.75) is 32.5 Å². The molecule has 0 saturated carbocycles. The Balaban J connectivity index is 2.11. The van der Waals surface area contributed by atoms with Crippen LogP contribution in [0.2, 0.25) is 0 Å². The number of pyridine rings is 1. The van der Waals surface area contributed by atoms with E-state index < -0.39 is 30.2 Å². The molecule has 0 aliphatic rings. The van der Waals surface area contributed by atoms with Gasteiger partial charge in [-0.25, -0.2) is 4.98 Å². The fourth-order valence-electron chi connectivity index (χ4n) is 2.35. The summed E-state index contributed by atoms with van der Waals surface area (Å²) >= 11 is 0. The number of hydrogen-bond acceptors (Lipinski definition) is 4. The van der Waals surface area contributed by atoms with Crippen LogP contribution in [-0.4, -0.2) is 39.5 Å². The van der Waals surface area contributed by atoms with E-state index in [-0.39, 0.29) is 23.2 Å². The quantitative estimate of drug-likeness (QED) is 0.758. The van der Waals surface area contributed by atoms with Crippen molar-refractivity contribution in [3.63, 3.8) is 0 Å². The Hall–Kier alpha value is -3.10. The normalized spacial score (nSPS) is 12.3. The number of carbonyl (C=O) groups is 2. The summed E-state index contributed by atoms with van der Waals surface area (Å²) in [4.78, 5) is 28.5. The third-order valence-electron chi connectivity index (χ3n) is 4.08. The van der Waals surface area contributed by atoms with Crippen LogP contribution >= 0.6 is 0 Å². The molecule has 0 radical (unpaired) electrons. The van der Waals surface area contributed by atoms with Crippen molar-refractivity contribution in [2.75, 3.05) is 6.54 Å². The summed E-state index contributed by atoms with van der Waals surface area (Å²) in [5.41, 5.74) is -0.612. The van der Waals surface area contributed by atoms with E-state index in [9.17, 15) is 22.8 Å². The van der Waals surface area contributed by atoms with E-state index in [4.69, 9.17) is 9.84 Å². The average Bonchev–Trinajstić information content (AvgIpc) is 2.65. The lowest BCUT2D eigenvalue weighted by Crippen LogP contribution is -2.41. The van der Waals surface area contributed by atoms with Gasteiger partial charge >= 0.3 is 12.1 Å². The average molecular weight is 396 g/mol. The number of carboxylic acid groups (broad SMARTS) is 1. The predicted molar refractivity (Wildman–Crippen MR) is 94.2 cm³/mol. The van der Waals surface area contributed by atoms with Crippen LogP contribution in [0.5, 0.6) is 11.6 Å². The highest BCUT2D eigenvalue weighted by molar-refractivity contribution is 5.96. The summed E-state index contributed by atoms with van der Waals surface area (Å²) in [5.74, 6) is -1.30. The summed E-state index contributed by atoms with van der Waals surface area (Å²) in [6.07, 6.45) is -3.21. The van der Waals surface area contributed by atoms with Crippen molar-refractivity contribution in [2.24, 2.45) is 0 Å². The van der Waals surface area contributed by atoms with Crippen molar-refractivity contribution >= 4 is 11.9 Å². The van der Waals surface area contributed by atoms with Crippen molar-refractivity contribution in [1.29, 1.82) is 0 Å². The van der Waals surface area contributed by atoms with Gasteiger partial charge in [-0.05, 0) is 43.7 Å². The largest absolute Gasteiger partial charge is 0.480 e. The van der Waals surface area contributed by atoms with Gasteiger partial charge in [0.1, 0.15) is 12.3 Å². The monoisotopic (exact) mass is 396 g/mol. The van der Waals surface area contributed by atoms with Crippen LogP contribution in [0.15, 0.2) is 42.6 Å². The minimum Gasteiger partial charge on any atom is -0.480 e. The van der Waals surface area contributed by atoms with E-state index >= 15 is 0 Å².